The van der Waals surface area contributed by atoms with E-state index >= 15 is 0 Å². The van der Waals surface area contributed by atoms with Crippen molar-refractivity contribution in [3.63, 3.8) is 0 Å². The number of benzene rings is 3. The van der Waals surface area contributed by atoms with Crippen molar-refractivity contribution in [1.29, 1.82) is 0 Å². The van der Waals surface area contributed by atoms with E-state index in [-0.39, 0.29) is 15.3 Å². The molecule has 220 valence electrons. The number of hydrogen-bond donors (Lipinski definition) is 2. The molecule has 0 spiro atoms. The molecule has 0 unspecified atom stereocenters. The van der Waals surface area contributed by atoms with E-state index in [0.29, 0.717) is 12.2 Å². The number of anilines is 1. The number of methoxy groups -OCH3 is 1. The molecule has 6 rings (SSSR count). The number of halogens is 1. The highest BCUT2D eigenvalue weighted by molar-refractivity contribution is 7.92. The zero-order valence-corrected chi connectivity index (χ0v) is 25.3. The van der Waals surface area contributed by atoms with Gasteiger partial charge in [0, 0.05) is 52.1 Å². The van der Waals surface area contributed by atoms with Crippen molar-refractivity contribution in [2.45, 2.75) is 23.6 Å². The Balaban J connectivity index is 1.51. The van der Waals surface area contributed by atoms with Gasteiger partial charge in [-0.05, 0) is 54.1 Å². The van der Waals surface area contributed by atoms with E-state index in [0.717, 1.165) is 61.9 Å². The van der Waals surface area contributed by atoms with Gasteiger partial charge < -0.3 is 9.30 Å². The summed E-state index contributed by atoms with van der Waals surface area (Å²) in [5.74, 6) is -0.777. The van der Waals surface area contributed by atoms with E-state index in [1.54, 1.807) is 37.6 Å². The third-order valence-electron chi connectivity index (χ3n) is 7.14. The predicted molar refractivity (Wildman–Crippen MR) is 164 cm³/mol. The summed E-state index contributed by atoms with van der Waals surface area (Å²) in [5, 5.41) is 19.3. The van der Waals surface area contributed by atoms with Gasteiger partial charge in [-0.1, -0.05) is 37.3 Å². The molecule has 0 aliphatic heterocycles. The van der Waals surface area contributed by atoms with E-state index in [1.807, 2.05) is 12.1 Å². The minimum absolute atomic E-state index is 0.0871. The first-order valence-corrected chi connectivity index (χ1v) is 15.9. The van der Waals surface area contributed by atoms with Crippen LogP contribution in [0.1, 0.15) is 29.9 Å². The average Bonchev–Trinajstić information content (AvgIpc) is 3.70. The van der Waals surface area contributed by atoms with Crippen LogP contribution in [-0.4, -0.2) is 59.3 Å². The first kappa shape index (κ1) is 28.6. The lowest BCUT2D eigenvalue weighted by Gasteiger charge is -2.28. The summed E-state index contributed by atoms with van der Waals surface area (Å²) in [6.07, 6.45) is 2.80. The third kappa shape index (κ3) is 5.31. The molecular weight excluding hydrogens is 592 g/mol. The molecule has 3 aromatic heterocycles. The van der Waals surface area contributed by atoms with Gasteiger partial charge in [0.2, 0.25) is 19.3 Å². The highest BCUT2D eigenvalue weighted by Gasteiger charge is 2.32. The predicted octanol–water partition coefficient (Wildman–Crippen LogP) is 5.74. The van der Waals surface area contributed by atoms with Crippen LogP contribution in [0, 0.1) is 5.82 Å². The summed E-state index contributed by atoms with van der Waals surface area (Å²) in [7, 11) is -1.87. The topological polar surface area (TPSA) is 132 Å². The highest BCUT2D eigenvalue weighted by Crippen LogP contribution is 2.44. The van der Waals surface area contributed by atoms with Gasteiger partial charge in [0.1, 0.15) is 5.82 Å². The maximum Gasteiger partial charge on any atom is 0.257 e. The van der Waals surface area contributed by atoms with Gasteiger partial charge in [-0.3, -0.25) is 15.2 Å². The SMILES string of the molecule is COCC(C)(C)c1c(-c2ccc(C(=O)Nc3nnc(S(C)(=O)=O)s3)cc2)c2cc3[nH]ncc3cc2n1-c1ccc(F)cc1. The van der Waals surface area contributed by atoms with Gasteiger partial charge in [-0.2, -0.15) is 5.10 Å². The second-order valence-electron chi connectivity index (χ2n) is 10.9. The Hall–Kier alpha value is -4.46. The van der Waals surface area contributed by atoms with Crippen molar-refractivity contribution in [3.05, 3.63) is 83.9 Å². The number of aromatic amines is 1. The van der Waals surface area contributed by atoms with Crippen molar-refractivity contribution in [2.24, 2.45) is 0 Å². The lowest BCUT2D eigenvalue weighted by atomic mass is 9.84. The zero-order valence-electron chi connectivity index (χ0n) is 23.7. The molecule has 1 amide bonds. The molecular formula is C30H27FN6O4S2. The Kier molecular flexibility index (Phi) is 7.11. The molecule has 2 N–H and O–H groups in total. The monoisotopic (exact) mass is 618 g/mol. The normalized spacial score (nSPS) is 12.3. The van der Waals surface area contributed by atoms with E-state index in [1.165, 1.54) is 12.1 Å². The minimum atomic E-state index is -3.53. The summed E-state index contributed by atoms with van der Waals surface area (Å²) < 4.78 is 45.1. The number of carbonyl (C=O) groups is 1. The fraction of sp³-hybridized carbons (Fsp3) is 0.200. The number of hydrogen-bond acceptors (Lipinski definition) is 8. The van der Waals surface area contributed by atoms with Crippen LogP contribution in [0.4, 0.5) is 9.52 Å². The molecule has 0 radical (unpaired) electrons. The molecule has 0 aliphatic carbocycles. The Morgan fingerprint density at radius 2 is 1.81 bits per heavy atom. The van der Waals surface area contributed by atoms with Crippen molar-refractivity contribution in [1.82, 2.24) is 25.0 Å². The number of ether oxygens (including phenoxy) is 1. The quantitative estimate of drug-likeness (QED) is 0.208. The van der Waals surface area contributed by atoms with Crippen LogP contribution in [0.2, 0.25) is 0 Å². The Labute approximate surface area is 250 Å². The lowest BCUT2D eigenvalue weighted by Crippen LogP contribution is -2.27. The number of fused-ring (bicyclic) bond motifs is 2. The summed E-state index contributed by atoms with van der Waals surface area (Å²) in [6, 6.07) is 17.6. The first-order chi connectivity index (χ1) is 20.5. The number of nitrogens with zero attached hydrogens (tertiary/aromatic N) is 4. The van der Waals surface area contributed by atoms with Crippen LogP contribution < -0.4 is 5.32 Å². The number of carbonyl (C=O) groups excluding carboxylic acids is 1. The Morgan fingerprint density at radius 1 is 1.09 bits per heavy atom. The summed E-state index contributed by atoms with van der Waals surface area (Å²) in [5.41, 5.74) is 5.18. The summed E-state index contributed by atoms with van der Waals surface area (Å²) >= 11 is 0.788. The van der Waals surface area contributed by atoms with Crippen LogP contribution in [0.15, 0.2) is 71.2 Å². The second kappa shape index (κ2) is 10.7. The molecule has 3 heterocycles. The molecule has 0 bridgehead atoms. The number of rotatable bonds is 8. The second-order valence-corrected chi connectivity index (χ2v) is 14.0. The minimum Gasteiger partial charge on any atom is -0.384 e. The molecule has 43 heavy (non-hydrogen) atoms. The lowest BCUT2D eigenvalue weighted by molar-refractivity contribution is 0.102. The molecule has 0 saturated carbocycles. The van der Waals surface area contributed by atoms with Crippen LogP contribution in [-0.2, 0) is 20.0 Å². The van der Waals surface area contributed by atoms with Crippen LogP contribution in [0.5, 0.6) is 0 Å². The molecule has 0 atom stereocenters. The van der Waals surface area contributed by atoms with E-state index in [2.05, 4.69) is 56.3 Å². The van der Waals surface area contributed by atoms with E-state index in [9.17, 15) is 17.6 Å². The number of aromatic nitrogens is 5. The van der Waals surface area contributed by atoms with Crippen LogP contribution in [0.3, 0.4) is 0 Å². The summed E-state index contributed by atoms with van der Waals surface area (Å²) in [4.78, 5) is 13.0. The Bertz CT molecular complexity index is 2100. The zero-order chi connectivity index (χ0) is 30.5. The van der Waals surface area contributed by atoms with E-state index in [4.69, 9.17) is 4.74 Å². The van der Waals surface area contributed by atoms with Gasteiger partial charge in [0.15, 0.2) is 0 Å². The van der Waals surface area contributed by atoms with Crippen LogP contribution >= 0.6 is 11.3 Å². The first-order valence-electron chi connectivity index (χ1n) is 13.2. The fourth-order valence-corrected chi connectivity index (χ4v) is 6.82. The molecule has 0 fully saturated rings. The average molecular weight is 619 g/mol. The maximum absolute atomic E-state index is 14.0. The van der Waals surface area contributed by atoms with Gasteiger partial charge in [-0.25, -0.2) is 12.8 Å². The van der Waals surface area contributed by atoms with Crippen LogP contribution in [0.25, 0.3) is 38.6 Å². The smallest absolute Gasteiger partial charge is 0.257 e. The largest absolute Gasteiger partial charge is 0.384 e. The van der Waals surface area contributed by atoms with Crippen molar-refractivity contribution < 1.29 is 22.3 Å². The molecule has 0 aliphatic rings. The van der Waals surface area contributed by atoms with Crippen molar-refractivity contribution >= 4 is 54.0 Å². The Morgan fingerprint density at radius 3 is 2.47 bits per heavy atom. The standard InChI is InChI=1S/C30H27FN6O4S2/c1-30(2,16-41-3)26-25(17-5-7-18(8-6-17)27(38)33-28-35-36-29(42-28)43(4,39)40)22-14-23-19(15-32-34-23)13-24(22)37(26)21-11-9-20(31)10-12-21/h5-15H,16H2,1-4H3,(H,32,34)(H,33,35,38). The highest BCUT2D eigenvalue weighted by atomic mass is 32.2. The molecule has 3 aromatic carbocycles. The maximum atomic E-state index is 14.0. The molecule has 0 saturated heterocycles. The van der Waals surface area contributed by atoms with Crippen molar-refractivity contribution in [2.75, 3.05) is 25.3 Å². The molecule has 10 nitrogen and oxygen atoms in total. The number of nitrogens with one attached hydrogen (secondary N) is 2. The molecule has 13 heteroatoms. The number of sulfone groups is 1. The van der Waals surface area contributed by atoms with Gasteiger partial charge in [0.25, 0.3) is 5.91 Å². The number of amides is 1. The van der Waals surface area contributed by atoms with Gasteiger partial charge in [-0.15, -0.1) is 10.2 Å². The third-order valence-corrected chi connectivity index (χ3v) is 9.65. The van der Waals surface area contributed by atoms with Gasteiger partial charge >= 0.3 is 0 Å². The number of H-pyrrole nitrogens is 1. The van der Waals surface area contributed by atoms with E-state index < -0.39 is 21.2 Å². The fourth-order valence-electron chi connectivity index (χ4n) is 5.31. The van der Waals surface area contributed by atoms with Gasteiger partial charge in [0.05, 0.1) is 23.8 Å². The molecule has 6 aromatic rings. The summed E-state index contributed by atoms with van der Waals surface area (Å²) in [6.45, 7) is 4.60. The van der Waals surface area contributed by atoms with Crippen molar-refractivity contribution in [3.8, 4) is 16.8 Å².